The summed E-state index contributed by atoms with van der Waals surface area (Å²) in [5.41, 5.74) is 1.05. The molecule has 0 aromatic heterocycles. The average molecular weight is 431 g/mol. The molecule has 0 saturated carbocycles. The molecule has 1 aromatic rings. The van der Waals surface area contributed by atoms with Gasteiger partial charge < -0.3 is 14.8 Å². The Hall–Kier alpha value is -3.22. The summed E-state index contributed by atoms with van der Waals surface area (Å²) in [5, 5.41) is 2.59. The molecular formula is C24H27F2NO4. The smallest absolute Gasteiger partial charge is 0.344 e. The molecule has 1 aromatic carbocycles. The molecule has 0 bridgehead atoms. The highest BCUT2D eigenvalue weighted by atomic mass is 19.1. The van der Waals surface area contributed by atoms with Crippen molar-refractivity contribution in [1.29, 1.82) is 0 Å². The van der Waals surface area contributed by atoms with Crippen molar-refractivity contribution >= 4 is 17.4 Å². The van der Waals surface area contributed by atoms with Crippen LogP contribution in [0.5, 0.6) is 0 Å². The van der Waals surface area contributed by atoms with Crippen LogP contribution in [0.25, 0.3) is 5.57 Å². The van der Waals surface area contributed by atoms with Crippen molar-refractivity contribution in [3.05, 3.63) is 77.1 Å². The Balaban J connectivity index is 2.02. The van der Waals surface area contributed by atoms with E-state index in [4.69, 9.17) is 9.47 Å². The fourth-order valence-electron chi connectivity index (χ4n) is 2.86. The highest BCUT2D eigenvalue weighted by Gasteiger charge is 2.15. The van der Waals surface area contributed by atoms with Gasteiger partial charge in [0.25, 0.3) is 5.91 Å². The number of benzene rings is 1. The molecule has 0 radical (unpaired) electrons. The normalized spacial score (nSPS) is 14.3. The fourth-order valence-corrected chi connectivity index (χ4v) is 2.86. The van der Waals surface area contributed by atoms with Crippen molar-refractivity contribution in [3.63, 3.8) is 0 Å². The van der Waals surface area contributed by atoms with Gasteiger partial charge in [-0.15, -0.1) is 0 Å². The molecule has 1 aliphatic carbocycles. The van der Waals surface area contributed by atoms with Crippen molar-refractivity contribution in [1.82, 2.24) is 5.32 Å². The maximum atomic E-state index is 14.2. The van der Waals surface area contributed by atoms with E-state index >= 15 is 0 Å². The van der Waals surface area contributed by atoms with Gasteiger partial charge in [-0.05, 0) is 68.7 Å². The van der Waals surface area contributed by atoms with Gasteiger partial charge in [-0.1, -0.05) is 18.2 Å². The quantitative estimate of drug-likeness (QED) is 0.339. The second-order valence-corrected chi connectivity index (χ2v) is 7.13. The molecule has 0 atom stereocenters. The number of carbonyl (C=O) groups excluding carboxylic acids is 2. The van der Waals surface area contributed by atoms with E-state index in [1.807, 2.05) is 6.08 Å². The summed E-state index contributed by atoms with van der Waals surface area (Å²) >= 11 is 0. The molecule has 0 aliphatic heterocycles. The molecule has 2 rings (SSSR count). The maximum absolute atomic E-state index is 14.2. The third-order valence-corrected chi connectivity index (χ3v) is 4.22. The Bertz CT molecular complexity index is 930. The largest absolute Gasteiger partial charge is 0.482 e. The van der Waals surface area contributed by atoms with Crippen LogP contribution in [0, 0.1) is 5.82 Å². The Morgan fingerprint density at radius 1 is 1.26 bits per heavy atom. The van der Waals surface area contributed by atoms with Gasteiger partial charge in [-0.2, -0.15) is 0 Å². The van der Waals surface area contributed by atoms with E-state index in [1.165, 1.54) is 24.3 Å². The second-order valence-electron chi connectivity index (χ2n) is 7.13. The number of allylic oxidation sites excluding steroid dienone is 6. The predicted octanol–water partition coefficient (Wildman–Crippen LogP) is 5.01. The Labute approximate surface area is 181 Å². The molecule has 31 heavy (non-hydrogen) atoms. The summed E-state index contributed by atoms with van der Waals surface area (Å²) in [5.74, 6) is -1.67. The van der Waals surface area contributed by atoms with Crippen LogP contribution in [-0.4, -0.2) is 31.1 Å². The molecule has 1 aliphatic rings. The van der Waals surface area contributed by atoms with Crippen molar-refractivity contribution in [3.8, 4) is 0 Å². The summed E-state index contributed by atoms with van der Waals surface area (Å²) in [6.07, 6.45) is 8.81. The van der Waals surface area contributed by atoms with Crippen molar-refractivity contribution < 1.29 is 27.8 Å². The molecule has 0 fully saturated rings. The van der Waals surface area contributed by atoms with E-state index in [-0.39, 0.29) is 30.6 Å². The number of carbonyl (C=O) groups is 2. The number of hydrogen-bond donors (Lipinski definition) is 1. The van der Waals surface area contributed by atoms with Crippen LogP contribution in [0.3, 0.4) is 0 Å². The Kier molecular flexibility index (Phi) is 9.18. The highest BCUT2D eigenvalue weighted by molar-refractivity contribution is 5.95. The lowest BCUT2D eigenvalue weighted by atomic mass is 9.97. The zero-order valence-electron chi connectivity index (χ0n) is 17.9. The maximum Gasteiger partial charge on any atom is 0.344 e. The molecular weight excluding hydrogens is 404 g/mol. The zero-order valence-corrected chi connectivity index (χ0v) is 17.9. The van der Waals surface area contributed by atoms with Crippen LogP contribution in [0.1, 0.15) is 49.5 Å². The van der Waals surface area contributed by atoms with Crippen molar-refractivity contribution in [2.45, 2.75) is 39.7 Å². The first-order valence-electron chi connectivity index (χ1n) is 10.1. The lowest BCUT2D eigenvalue weighted by molar-refractivity contribution is -0.151. The minimum absolute atomic E-state index is 0.0542. The molecule has 5 nitrogen and oxygen atoms in total. The first-order chi connectivity index (χ1) is 14.8. The highest BCUT2D eigenvalue weighted by Crippen LogP contribution is 2.27. The third kappa shape index (κ3) is 7.85. The summed E-state index contributed by atoms with van der Waals surface area (Å²) in [6.45, 7) is 5.04. The number of ether oxygens (including phenoxy) is 2. The standard InChI is InChI=1S/C24H27F2NO4/c1-4-6-20(30-15-23(28)31-16(2)3)11-12-27-24(29)21-14-18(9-10-22(21)26)17-7-5-8-19(25)13-17/h4,6-7,9-11,13-14,16H,5,8,12,15H2,1-3H3,(H,27,29)/b6-4-,20-11+. The number of rotatable bonds is 9. The van der Waals surface area contributed by atoms with Gasteiger partial charge >= 0.3 is 5.97 Å². The molecule has 7 heteroatoms. The fraction of sp³-hybridized carbons (Fsp3) is 0.333. The Morgan fingerprint density at radius 3 is 2.71 bits per heavy atom. The van der Waals surface area contributed by atoms with Crippen LogP contribution in [0.15, 0.2) is 60.2 Å². The molecule has 0 spiro atoms. The SMILES string of the molecule is C/C=C\C(=C/CNC(=O)c1cc(C2=CCCC(F)=C2)ccc1F)OCC(=O)OC(C)C. The van der Waals surface area contributed by atoms with Crippen LogP contribution in [0.2, 0.25) is 0 Å². The molecule has 166 valence electrons. The topological polar surface area (TPSA) is 64.6 Å². The molecule has 1 amide bonds. The minimum atomic E-state index is -0.674. The summed E-state index contributed by atoms with van der Waals surface area (Å²) in [6, 6.07) is 4.11. The minimum Gasteiger partial charge on any atom is -0.482 e. The van der Waals surface area contributed by atoms with Crippen LogP contribution >= 0.6 is 0 Å². The van der Waals surface area contributed by atoms with E-state index < -0.39 is 17.7 Å². The first-order valence-corrected chi connectivity index (χ1v) is 10.1. The van der Waals surface area contributed by atoms with Gasteiger partial charge in [-0.25, -0.2) is 13.6 Å². The lowest BCUT2D eigenvalue weighted by Crippen LogP contribution is -2.25. The van der Waals surface area contributed by atoms with Gasteiger partial charge in [-0.3, -0.25) is 4.79 Å². The van der Waals surface area contributed by atoms with Crippen molar-refractivity contribution in [2.75, 3.05) is 13.2 Å². The van der Waals surface area contributed by atoms with Gasteiger partial charge in [0.15, 0.2) is 6.61 Å². The molecule has 1 N–H and O–H groups in total. The summed E-state index contributed by atoms with van der Waals surface area (Å²) < 4.78 is 38.2. The monoisotopic (exact) mass is 431 g/mol. The van der Waals surface area contributed by atoms with Crippen LogP contribution in [0.4, 0.5) is 8.78 Å². The Morgan fingerprint density at radius 2 is 2.03 bits per heavy atom. The number of nitrogens with one attached hydrogen (secondary N) is 1. The van der Waals surface area contributed by atoms with E-state index in [0.29, 0.717) is 29.7 Å². The predicted molar refractivity (Wildman–Crippen MR) is 115 cm³/mol. The van der Waals surface area contributed by atoms with E-state index in [9.17, 15) is 18.4 Å². The van der Waals surface area contributed by atoms with Crippen LogP contribution < -0.4 is 5.32 Å². The molecule has 0 heterocycles. The lowest BCUT2D eigenvalue weighted by Gasteiger charge is -2.12. The molecule has 0 unspecified atom stereocenters. The number of amides is 1. The summed E-state index contributed by atoms with van der Waals surface area (Å²) in [4.78, 5) is 24.1. The van der Waals surface area contributed by atoms with Gasteiger partial charge in [0.2, 0.25) is 0 Å². The number of halogens is 2. The zero-order chi connectivity index (χ0) is 22.8. The number of hydrogen-bond acceptors (Lipinski definition) is 4. The average Bonchev–Trinajstić information content (AvgIpc) is 2.71. The van der Waals surface area contributed by atoms with Gasteiger partial charge in [0, 0.05) is 13.0 Å². The number of esters is 1. The van der Waals surface area contributed by atoms with E-state index in [0.717, 1.165) is 0 Å². The summed E-state index contributed by atoms with van der Waals surface area (Å²) in [7, 11) is 0. The van der Waals surface area contributed by atoms with Crippen LogP contribution in [-0.2, 0) is 14.3 Å². The third-order valence-electron chi connectivity index (χ3n) is 4.22. The van der Waals surface area contributed by atoms with E-state index in [2.05, 4.69) is 5.32 Å². The van der Waals surface area contributed by atoms with E-state index in [1.54, 1.807) is 39.0 Å². The second kappa shape index (κ2) is 11.8. The first kappa shape index (κ1) is 24.1. The van der Waals surface area contributed by atoms with Gasteiger partial charge in [0.1, 0.15) is 17.4 Å². The van der Waals surface area contributed by atoms with Gasteiger partial charge in [0.05, 0.1) is 11.7 Å². The van der Waals surface area contributed by atoms with Crippen molar-refractivity contribution in [2.24, 2.45) is 0 Å². The molecule has 0 saturated heterocycles.